The molecule has 1 saturated heterocycles. The first-order chi connectivity index (χ1) is 13.4. The van der Waals surface area contributed by atoms with Crippen molar-refractivity contribution in [1.29, 1.82) is 0 Å². The van der Waals surface area contributed by atoms with Crippen molar-refractivity contribution in [3.63, 3.8) is 0 Å². The van der Waals surface area contributed by atoms with Crippen molar-refractivity contribution in [3.8, 4) is 5.75 Å². The monoisotopic (exact) mass is 441 g/mol. The first-order valence-electron chi connectivity index (χ1n) is 9.14. The number of hydrogen-bond donors (Lipinski definition) is 0. The summed E-state index contributed by atoms with van der Waals surface area (Å²) in [6.45, 7) is 3.43. The summed E-state index contributed by atoms with van der Waals surface area (Å²) >= 11 is 18.3. The smallest absolute Gasteiger partial charge is 0.260 e. The molecule has 0 aliphatic carbocycles. The molecule has 0 N–H and O–H groups in total. The maximum Gasteiger partial charge on any atom is 0.260 e. The maximum atomic E-state index is 12.9. The van der Waals surface area contributed by atoms with Gasteiger partial charge in [-0.15, -0.1) is 0 Å². The van der Waals surface area contributed by atoms with Gasteiger partial charge in [0.15, 0.2) is 6.61 Å². The topological polar surface area (TPSA) is 38.8 Å². The zero-order chi connectivity index (χ0) is 20.1. The van der Waals surface area contributed by atoms with Gasteiger partial charge in [0.05, 0.1) is 6.10 Å². The molecule has 0 bridgehead atoms. The lowest BCUT2D eigenvalue weighted by Crippen LogP contribution is -2.39. The highest BCUT2D eigenvalue weighted by molar-refractivity contribution is 6.35. The average molecular weight is 443 g/mol. The predicted molar refractivity (Wildman–Crippen MR) is 113 cm³/mol. The Kier molecular flexibility index (Phi) is 7.47. The van der Waals surface area contributed by atoms with Crippen LogP contribution in [-0.2, 0) is 16.1 Å². The molecule has 1 aliphatic heterocycles. The zero-order valence-electron chi connectivity index (χ0n) is 15.6. The molecule has 0 spiro atoms. The molecular weight excluding hydrogens is 421 g/mol. The lowest BCUT2D eigenvalue weighted by atomic mass is 10.1. The van der Waals surface area contributed by atoms with E-state index in [1.807, 2.05) is 19.1 Å². The van der Waals surface area contributed by atoms with Crippen LogP contribution in [0, 0.1) is 6.92 Å². The van der Waals surface area contributed by atoms with E-state index in [-0.39, 0.29) is 18.6 Å². The predicted octanol–water partition coefficient (Wildman–Crippen LogP) is 5.54. The Morgan fingerprint density at radius 1 is 1.18 bits per heavy atom. The van der Waals surface area contributed by atoms with Crippen molar-refractivity contribution in [2.45, 2.75) is 32.4 Å². The summed E-state index contributed by atoms with van der Waals surface area (Å²) in [5.41, 5.74) is 1.73. The van der Waals surface area contributed by atoms with Crippen LogP contribution in [0.4, 0.5) is 0 Å². The minimum atomic E-state index is -0.130. The molecule has 2 aromatic rings. The molecule has 3 rings (SSSR count). The summed E-state index contributed by atoms with van der Waals surface area (Å²) in [4.78, 5) is 14.6. The van der Waals surface area contributed by atoms with Crippen LogP contribution in [0.15, 0.2) is 36.4 Å². The summed E-state index contributed by atoms with van der Waals surface area (Å²) in [5, 5.41) is 1.76. The number of ether oxygens (including phenoxy) is 2. The first kappa shape index (κ1) is 21.3. The molecule has 28 heavy (non-hydrogen) atoms. The number of carbonyl (C=O) groups is 1. The van der Waals surface area contributed by atoms with E-state index in [0.717, 1.165) is 30.6 Å². The normalized spacial score (nSPS) is 16.2. The fraction of sp³-hybridized carbons (Fsp3) is 0.381. The van der Waals surface area contributed by atoms with Gasteiger partial charge in [0.25, 0.3) is 5.91 Å². The Balaban J connectivity index is 1.69. The highest BCUT2D eigenvalue weighted by atomic mass is 35.5. The number of benzene rings is 2. The second-order valence-electron chi connectivity index (χ2n) is 6.84. The number of amides is 1. The molecule has 1 atom stereocenters. The summed E-state index contributed by atoms with van der Waals surface area (Å²) < 4.78 is 11.4. The Bertz CT molecular complexity index is 838. The van der Waals surface area contributed by atoms with Crippen LogP contribution in [0.3, 0.4) is 0 Å². The average Bonchev–Trinajstić information content (AvgIpc) is 3.17. The van der Waals surface area contributed by atoms with E-state index in [1.165, 1.54) is 0 Å². The molecule has 150 valence electrons. The van der Waals surface area contributed by atoms with E-state index in [0.29, 0.717) is 33.9 Å². The number of nitrogens with zero attached hydrogens (tertiary/aromatic N) is 1. The van der Waals surface area contributed by atoms with Gasteiger partial charge < -0.3 is 14.4 Å². The quantitative estimate of drug-likeness (QED) is 0.565. The maximum absolute atomic E-state index is 12.9. The summed E-state index contributed by atoms with van der Waals surface area (Å²) in [6.07, 6.45) is 1.98. The Morgan fingerprint density at radius 3 is 2.68 bits per heavy atom. The van der Waals surface area contributed by atoms with Crippen molar-refractivity contribution in [2.75, 3.05) is 19.8 Å². The van der Waals surface area contributed by atoms with Crippen LogP contribution >= 0.6 is 34.8 Å². The van der Waals surface area contributed by atoms with Gasteiger partial charge in [-0.25, -0.2) is 0 Å². The SMILES string of the molecule is Cc1cc(OCC(=O)N(Cc2ccc(Cl)cc2Cl)C[C@H]2CCCO2)ccc1Cl. The lowest BCUT2D eigenvalue weighted by Gasteiger charge is -2.26. The number of carbonyl (C=O) groups excluding carboxylic acids is 1. The van der Waals surface area contributed by atoms with Crippen LogP contribution in [-0.4, -0.2) is 36.7 Å². The molecule has 1 fully saturated rings. The molecule has 1 heterocycles. The minimum absolute atomic E-state index is 0.0350. The van der Waals surface area contributed by atoms with Gasteiger partial charge in [-0.1, -0.05) is 40.9 Å². The lowest BCUT2D eigenvalue weighted by molar-refractivity contribution is -0.135. The standard InChI is InChI=1S/C21H22Cl3NO3/c1-14-9-17(6-7-19(14)23)28-13-21(26)25(12-18-3-2-8-27-18)11-15-4-5-16(22)10-20(15)24/h4-7,9-10,18H,2-3,8,11-13H2,1H3/t18-/m1/s1. The third kappa shape index (κ3) is 5.77. The van der Waals surface area contributed by atoms with Crippen molar-refractivity contribution in [1.82, 2.24) is 4.90 Å². The fourth-order valence-electron chi connectivity index (χ4n) is 3.09. The van der Waals surface area contributed by atoms with Crippen LogP contribution in [0.1, 0.15) is 24.0 Å². The largest absolute Gasteiger partial charge is 0.484 e. The van der Waals surface area contributed by atoms with E-state index in [9.17, 15) is 4.79 Å². The molecule has 0 unspecified atom stereocenters. The molecule has 1 amide bonds. The van der Waals surface area contributed by atoms with E-state index in [1.54, 1.807) is 29.2 Å². The van der Waals surface area contributed by atoms with E-state index >= 15 is 0 Å². The van der Waals surface area contributed by atoms with E-state index in [2.05, 4.69) is 0 Å². The van der Waals surface area contributed by atoms with Gasteiger partial charge in [0.1, 0.15) is 5.75 Å². The van der Waals surface area contributed by atoms with Crippen LogP contribution in [0.5, 0.6) is 5.75 Å². The number of rotatable bonds is 7. The fourth-order valence-corrected chi connectivity index (χ4v) is 3.67. The highest BCUT2D eigenvalue weighted by Gasteiger charge is 2.24. The van der Waals surface area contributed by atoms with Gasteiger partial charge >= 0.3 is 0 Å². The zero-order valence-corrected chi connectivity index (χ0v) is 17.9. The third-order valence-corrected chi connectivity index (χ3v) is 5.68. The second kappa shape index (κ2) is 9.84. The van der Waals surface area contributed by atoms with Gasteiger partial charge in [0.2, 0.25) is 0 Å². The Morgan fingerprint density at radius 2 is 2.00 bits per heavy atom. The van der Waals surface area contributed by atoms with Crippen molar-refractivity contribution in [3.05, 3.63) is 62.6 Å². The van der Waals surface area contributed by atoms with E-state index < -0.39 is 0 Å². The molecule has 1 aliphatic rings. The highest BCUT2D eigenvalue weighted by Crippen LogP contribution is 2.24. The molecule has 2 aromatic carbocycles. The minimum Gasteiger partial charge on any atom is -0.484 e. The summed E-state index contributed by atoms with van der Waals surface area (Å²) in [6, 6.07) is 10.6. The molecular formula is C21H22Cl3NO3. The number of halogens is 3. The van der Waals surface area contributed by atoms with E-state index in [4.69, 9.17) is 44.3 Å². The van der Waals surface area contributed by atoms with Gasteiger partial charge in [-0.3, -0.25) is 4.79 Å². The van der Waals surface area contributed by atoms with Crippen LogP contribution in [0.25, 0.3) is 0 Å². The second-order valence-corrected chi connectivity index (χ2v) is 8.10. The molecule has 0 aromatic heterocycles. The Hall–Kier alpha value is -1.46. The molecule has 7 heteroatoms. The van der Waals surface area contributed by atoms with Crippen molar-refractivity contribution < 1.29 is 14.3 Å². The van der Waals surface area contributed by atoms with Crippen molar-refractivity contribution >= 4 is 40.7 Å². The molecule has 0 radical (unpaired) electrons. The Labute approximate surface area is 180 Å². The van der Waals surface area contributed by atoms with Crippen LogP contribution in [0.2, 0.25) is 15.1 Å². The number of aryl methyl sites for hydroxylation is 1. The molecule has 4 nitrogen and oxygen atoms in total. The molecule has 0 saturated carbocycles. The summed E-state index contributed by atoms with van der Waals surface area (Å²) in [7, 11) is 0. The van der Waals surface area contributed by atoms with Crippen LogP contribution < -0.4 is 4.74 Å². The van der Waals surface area contributed by atoms with Gasteiger partial charge in [-0.2, -0.15) is 0 Å². The van der Waals surface area contributed by atoms with Gasteiger partial charge in [0, 0.05) is 34.8 Å². The summed E-state index contributed by atoms with van der Waals surface area (Å²) in [5.74, 6) is 0.478. The number of hydrogen-bond acceptors (Lipinski definition) is 3. The van der Waals surface area contributed by atoms with Gasteiger partial charge in [-0.05, 0) is 61.2 Å². The first-order valence-corrected chi connectivity index (χ1v) is 10.3. The van der Waals surface area contributed by atoms with Crippen molar-refractivity contribution in [2.24, 2.45) is 0 Å². The third-order valence-electron chi connectivity index (χ3n) is 4.67.